The summed E-state index contributed by atoms with van der Waals surface area (Å²) in [4.78, 5) is 30.7. The molecule has 6 nitrogen and oxygen atoms in total. The van der Waals surface area contributed by atoms with Gasteiger partial charge in [0.2, 0.25) is 11.8 Å². The molecule has 2 saturated carbocycles. The molecular formula is C16H23IN4O2. The number of halogens is 1. The van der Waals surface area contributed by atoms with Gasteiger partial charge in [-0.2, -0.15) is 0 Å². The third-order valence-corrected chi connectivity index (χ3v) is 5.33. The van der Waals surface area contributed by atoms with Gasteiger partial charge in [-0.15, -0.1) is 24.0 Å². The molecule has 7 heteroatoms. The third kappa shape index (κ3) is 2.88. The number of likely N-dealkylation sites (tertiary alicyclic amines) is 1. The highest BCUT2D eigenvalue weighted by atomic mass is 127. The molecule has 1 heterocycles. The van der Waals surface area contributed by atoms with E-state index in [1.54, 1.807) is 7.05 Å². The number of guanidine groups is 1. The Labute approximate surface area is 153 Å². The monoisotopic (exact) mass is 430 g/mol. The fraction of sp³-hybridized carbons (Fsp3) is 0.688. The van der Waals surface area contributed by atoms with Crippen LogP contribution in [-0.2, 0) is 9.59 Å². The Kier molecular flexibility index (Phi) is 4.66. The van der Waals surface area contributed by atoms with Crippen molar-refractivity contribution in [2.24, 2.45) is 28.7 Å². The van der Waals surface area contributed by atoms with Crippen molar-refractivity contribution in [2.45, 2.75) is 25.3 Å². The van der Waals surface area contributed by atoms with Crippen molar-refractivity contribution in [3.05, 3.63) is 12.2 Å². The van der Waals surface area contributed by atoms with Crippen LogP contribution in [0.1, 0.15) is 19.3 Å². The van der Waals surface area contributed by atoms with Gasteiger partial charge in [-0.05, 0) is 31.1 Å². The zero-order chi connectivity index (χ0) is 15.3. The number of carbonyl (C=O) groups is 2. The number of rotatable bonds is 4. The van der Waals surface area contributed by atoms with Crippen LogP contribution in [0.5, 0.6) is 0 Å². The number of nitrogens with zero attached hydrogens (tertiary/aromatic N) is 2. The lowest BCUT2D eigenvalue weighted by atomic mass is 9.85. The quantitative estimate of drug-likeness (QED) is 0.227. The Morgan fingerprint density at radius 3 is 2.35 bits per heavy atom. The van der Waals surface area contributed by atoms with Crippen molar-refractivity contribution in [1.29, 1.82) is 0 Å². The van der Waals surface area contributed by atoms with Crippen LogP contribution in [0.2, 0.25) is 0 Å². The third-order valence-electron chi connectivity index (χ3n) is 5.33. The normalized spacial score (nSPS) is 34.7. The van der Waals surface area contributed by atoms with Gasteiger partial charge in [0, 0.05) is 26.2 Å². The number of amides is 2. The van der Waals surface area contributed by atoms with Gasteiger partial charge < -0.3 is 10.6 Å². The van der Waals surface area contributed by atoms with Gasteiger partial charge in [0.05, 0.1) is 11.8 Å². The van der Waals surface area contributed by atoms with E-state index in [0.717, 1.165) is 12.4 Å². The summed E-state index contributed by atoms with van der Waals surface area (Å²) < 4.78 is 0. The van der Waals surface area contributed by atoms with E-state index in [1.807, 2.05) is 0 Å². The predicted molar refractivity (Wildman–Crippen MR) is 97.4 cm³/mol. The average Bonchev–Trinajstić information content (AvgIpc) is 3.00. The van der Waals surface area contributed by atoms with Crippen molar-refractivity contribution < 1.29 is 9.59 Å². The summed E-state index contributed by atoms with van der Waals surface area (Å²) >= 11 is 0. The van der Waals surface area contributed by atoms with E-state index in [-0.39, 0.29) is 59.5 Å². The minimum atomic E-state index is -0.0913. The van der Waals surface area contributed by atoms with Gasteiger partial charge in [0.1, 0.15) is 0 Å². The zero-order valence-electron chi connectivity index (χ0n) is 13.2. The van der Waals surface area contributed by atoms with E-state index >= 15 is 0 Å². The van der Waals surface area contributed by atoms with Crippen molar-refractivity contribution in [3.63, 3.8) is 0 Å². The Bertz CT molecular complexity index is 542. The fourth-order valence-corrected chi connectivity index (χ4v) is 4.09. The van der Waals surface area contributed by atoms with Crippen LogP contribution in [0.25, 0.3) is 0 Å². The summed E-state index contributed by atoms with van der Waals surface area (Å²) in [7, 11) is 1.73. The van der Waals surface area contributed by atoms with Crippen LogP contribution in [0.4, 0.5) is 0 Å². The summed E-state index contributed by atoms with van der Waals surface area (Å²) in [5, 5.41) is 6.48. The second-order valence-corrected chi connectivity index (χ2v) is 6.75. The van der Waals surface area contributed by atoms with Crippen molar-refractivity contribution in [1.82, 2.24) is 15.5 Å². The van der Waals surface area contributed by atoms with Crippen LogP contribution >= 0.6 is 24.0 Å². The maximum absolute atomic E-state index is 12.5. The molecule has 4 unspecified atom stereocenters. The molecular weight excluding hydrogens is 407 g/mol. The van der Waals surface area contributed by atoms with E-state index < -0.39 is 0 Å². The molecule has 0 spiro atoms. The highest BCUT2D eigenvalue weighted by Crippen LogP contribution is 2.52. The summed E-state index contributed by atoms with van der Waals surface area (Å²) in [6.07, 6.45) is 7.60. The molecule has 2 N–H and O–H groups in total. The number of hydrogen-bond acceptors (Lipinski definition) is 3. The molecule has 0 aromatic carbocycles. The van der Waals surface area contributed by atoms with Crippen LogP contribution in [-0.4, -0.2) is 48.9 Å². The summed E-state index contributed by atoms with van der Waals surface area (Å²) in [5.74, 6) is 1.20. The molecule has 23 heavy (non-hydrogen) atoms. The van der Waals surface area contributed by atoms with E-state index in [2.05, 4.69) is 27.8 Å². The summed E-state index contributed by atoms with van der Waals surface area (Å²) in [6.45, 7) is 0.974. The minimum Gasteiger partial charge on any atom is -0.355 e. The van der Waals surface area contributed by atoms with Crippen LogP contribution in [0, 0.1) is 23.7 Å². The van der Waals surface area contributed by atoms with Crippen molar-refractivity contribution >= 4 is 41.8 Å². The standard InChI is InChI=1S/C16H22N4O2.HI/c1-17-16(19-11-4-5-11)18-6-7-20-14(21)12-9-2-3-10(8-9)13(12)15(20)22;/h2-3,9-13H,4-8H2,1H3,(H2,17,18,19);1H. The number of allylic oxidation sites excluding steroid dienone is 2. The molecule has 2 bridgehead atoms. The van der Waals surface area contributed by atoms with Gasteiger partial charge in [-0.25, -0.2) is 0 Å². The van der Waals surface area contributed by atoms with Gasteiger partial charge in [0.15, 0.2) is 5.96 Å². The first-order chi connectivity index (χ1) is 10.7. The minimum absolute atomic E-state index is 0. The largest absolute Gasteiger partial charge is 0.355 e. The molecule has 0 radical (unpaired) electrons. The Morgan fingerprint density at radius 1 is 1.22 bits per heavy atom. The van der Waals surface area contributed by atoms with E-state index in [1.165, 1.54) is 17.7 Å². The molecule has 2 amide bonds. The smallest absolute Gasteiger partial charge is 0.233 e. The molecule has 3 aliphatic carbocycles. The second kappa shape index (κ2) is 6.41. The van der Waals surface area contributed by atoms with Crippen molar-refractivity contribution in [2.75, 3.05) is 20.1 Å². The number of nitrogens with one attached hydrogen (secondary N) is 2. The highest BCUT2D eigenvalue weighted by molar-refractivity contribution is 14.0. The average molecular weight is 430 g/mol. The van der Waals surface area contributed by atoms with Gasteiger partial charge in [0.25, 0.3) is 0 Å². The SMILES string of the molecule is CN=C(NCCN1C(=O)C2C3C=CC(C3)C2C1=O)NC1CC1.I. The first-order valence-corrected chi connectivity index (χ1v) is 8.20. The number of hydrogen-bond donors (Lipinski definition) is 2. The molecule has 3 fully saturated rings. The number of fused-ring (bicyclic) bond motifs is 5. The lowest BCUT2D eigenvalue weighted by molar-refractivity contribution is -0.140. The van der Waals surface area contributed by atoms with E-state index in [9.17, 15) is 9.59 Å². The molecule has 0 aromatic rings. The lowest BCUT2D eigenvalue weighted by Crippen LogP contribution is -2.44. The molecule has 4 aliphatic rings. The van der Waals surface area contributed by atoms with Crippen LogP contribution in [0.15, 0.2) is 17.1 Å². The predicted octanol–water partition coefficient (Wildman–Crippen LogP) is 0.739. The molecule has 0 aromatic heterocycles. The zero-order valence-corrected chi connectivity index (χ0v) is 15.5. The number of aliphatic imine (C=N–C) groups is 1. The van der Waals surface area contributed by atoms with Gasteiger partial charge in [-0.1, -0.05) is 12.2 Å². The van der Waals surface area contributed by atoms with Crippen LogP contribution in [0.3, 0.4) is 0 Å². The number of carbonyl (C=O) groups excluding carboxylic acids is 2. The summed E-state index contributed by atoms with van der Waals surface area (Å²) in [6, 6.07) is 0.530. The van der Waals surface area contributed by atoms with Crippen LogP contribution < -0.4 is 10.6 Å². The van der Waals surface area contributed by atoms with Gasteiger partial charge in [-0.3, -0.25) is 19.5 Å². The lowest BCUT2D eigenvalue weighted by Gasteiger charge is -2.18. The second-order valence-electron chi connectivity index (χ2n) is 6.75. The first-order valence-electron chi connectivity index (χ1n) is 8.20. The van der Waals surface area contributed by atoms with E-state index in [4.69, 9.17) is 0 Å². The van der Waals surface area contributed by atoms with Gasteiger partial charge >= 0.3 is 0 Å². The molecule has 4 rings (SSSR count). The topological polar surface area (TPSA) is 73.8 Å². The summed E-state index contributed by atoms with van der Waals surface area (Å²) in [5.41, 5.74) is 0. The maximum Gasteiger partial charge on any atom is 0.233 e. The first kappa shape index (κ1) is 16.7. The Hall–Kier alpha value is -1.12. The maximum atomic E-state index is 12.5. The molecule has 4 atom stereocenters. The Morgan fingerprint density at radius 2 is 1.83 bits per heavy atom. The molecule has 1 aliphatic heterocycles. The molecule has 1 saturated heterocycles. The van der Waals surface area contributed by atoms with E-state index in [0.29, 0.717) is 19.1 Å². The molecule has 126 valence electrons. The highest BCUT2D eigenvalue weighted by Gasteiger charge is 2.58. The number of imide groups is 1. The van der Waals surface area contributed by atoms with Crippen molar-refractivity contribution in [3.8, 4) is 0 Å². The Balaban J connectivity index is 0.00000156. The fourth-order valence-electron chi connectivity index (χ4n) is 4.09.